The molecule has 0 saturated heterocycles. The summed E-state index contributed by atoms with van der Waals surface area (Å²) in [6, 6.07) is 12.2. The summed E-state index contributed by atoms with van der Waals surface area (Å²) in [5.74, 6) is 0.146. The van der Waals surface area contributed by atoms with Gasteiger partial charge in [-0.2, -0.15) is 0 Å². The zero-order chi connectivity index (χ0) is 16.1. The topological polar surface area (TPSA) is 33.2 Å². The largest absolute Gasteiger partial charge is 0.331 e. The van der Waals surface area contributed by atoms with Crippen LogP contribution in [0.5, 0.6) is 0 Å². The highest BCUT2D eigenvalue weighted by Crippen LogP contribution is 2.26. The maximum atomic E-state index is 13.1. The third-order valence-corrected chi connectivity index (χ3v) is 5.12. The molecule has 0 aliphatic heterocycles. The van der Waals surface area contributed by atoms with Gasteiger partial charge in [-0.05, 0) is 71.3 Å². The van der Waals surface area contributed by atoms with Crippen LogP contribution in [-0.2, 0) is 6.54 Å². The molecule has 23 heavy (non-hydrogen) atoms. The molecule has 3 nitrogen and oxygen atoms in total. The molecule has 1 aliphatic carbocycles. The Morgan fingerprint density at radius 3 is 2.57 bits per heavy atom. The molecule has 0 N–H and O–H groups in total. The molecular weight excluding hydrogens is 397 g/mol. The second-order valence-corrected chi connectivity index (χ2v) is 7.34. The molecular formula is C19H21IN2O. The summed E-state index contributed by atoms with van der Waals surface area (Å²) >= 11 is 2.26. The third-order valence-electron chi connectivity index (χ3n) is 4.45. The van der Waals surface area contributed by atoms with Crippen molar-refractivity contribution in [1.82, 2.24) is 9.88 Å². The van der Waals surface area contributed by atoms with Crippen molar-refractivity contribution < 1.29 is 4.79 Å². The van der Waals surface area contributed by atoms with Crippen molar-refractivity contribution in [3.63, 3.8) is 0 Å². The van der Waals surface area contributed by atoms with Crippen LogP contribution in [0.15, 0.2) is 48.8 Å². The molecule has 2 aromatic rings. The van der Waals surface area contributed by atoms with Gasteiger partial charge in [0.15, 0.2) is 0 Å². The number of aromatic nitrogens is 1. The Labute approximate surface area is 151 Å². The summed E-state index contributed by atoms with van der Waals surface area (Å²) in [6.07, 6.45) is 9.54. The normalized spacial score (nSPS) is 15.3. The lowest BCUT2D eigenvalue weighted by atomic mass is 9.93. The molecule has 1 aromatic heterocycles. The first-order valence-electron chi connectivity index (χ1n) is 8.19. The summed E-state index contributed by atoms with van der Waals surface area (Å²) in [5.41, 5.74) is 1.93. The van der Waals surface area contributed by atoms with Gasteiger partial charge in [0.2, 0.25) is 0 Å². The van der Waals surface area contributed by atoms with E-state index in [9.17, 15) is 4.79 Å². The van der Waals surface area contributed by atoms with Gasteiger partial charge in [0.1, 0.15) is 0 Å². The molecule has 1 amide bonds. The highest BCUT2D eigenvalue weighted by atomic mass is 125. The van der Waals surface area contributed by atoms with Crippen molar-refractivity contribution >= 4 is 28.5 Å². The molecule has 1 fully saturated rings. The number of nitrogens with zero attached hydrogens (tertiary/aromatic N) is 2. The second kappa shape index (κ2) is 7.90. The van der Waals surface area contributed by atoms with E-state index in [0.29, 0.717) is 12.6 Å². The highest BCUT2D eigenvalue weighted by molar-refractivity contribution is 14.1. The maximum absolute atomic E-state index is 13.1. The molecule has 120 valence electrons. The van der Waals surface area contributed by atoms with Crippen LogP contribution in [0.25, 0.3) is 0 Å². The van der Waals surface area contributed by atoms with Crippen LogP contribution < -0.4 is 0 Å². The summed E-state index contributed by atoms with van der Waals surface area (Å²) < 4.78 is 1.10. The molecule has 0 radical (unpaired) electrons. The Kier molecular flexibility index (Phi) is 5.65. The van der Waals surface area contributed by atoms with Crippen molar-refractivity contribution in [1.29, 1.82) is 0 Å². The highest BCUT2D eigenvalue weighted by Gasteiger charge is 2.26. The van der Waals surface area contributed by atoms with Crippen LogP contribution in [0.1, 0.15) is 48.0 Å². The van der Waals surface area contributed by atoms with Crippen molar-refractivity contribution in [2.45, 2.75) is 44.7 Å². The van der Waals surface area contributed by atoms with E-state index >= 15 is 0 Å². The van der Waals surface area contributed by atoms with Crippen LogP contribution in [0, 0.1) is 3.57 Å². The number of hydrogen-bond acceptors (Lipinski definition) is 2. The van der Waals surface area contributed by atoms with E-state index in [4.69, 9.17) is 0 Å². The lowest BCUT2D eigenvalue weighted by Crippen LogP contribution is -2.41. The van der Waals surface area contributed by atoms with Crippen LogP contribution in [0.2, 0.25) is 0 Å². The quantitative estimate of drug-likeness (QED) is 0.677. The van der Waals surface area contributed by atoms with Crippen molar-refractivity contribution in [2.75, 3.05) is 0 Å². The molecule has 3 rings (SSSR count). The van der Waals surface area contributed by atoms with Crippen molar-refractivity contribution in [3.05, 3.63) is 63.5 Å². The number of pyridine rings is 1. The standard InChI is InChI=1S/C19H21IN2O/c20-17-6-4-5-16(13-17)19(23)22(18-7-2-1-3-8-18)14-15-9-11-21-12-10-15/h4-6,9-13,18H,1-3,7-8,14H2/i20-2. The smallest absolute Gasteiger partial charge is 0.254 e. The lowest BCUT2D eigenvalue weighted by Gasteiger charge is -2.34. The van der Waals surface area contributed by atoms with E-state index in [1.807, 2.05) is 36.4 Å². The average molecular weight is 418 g/mol. The molecule has 0 atom stereocenters. The van der Waals surface area contributed by atoms with Crippen LogP contribution >= 0.6 is 22.6 Å². The number of amides is 1. The first-order chi connectivity index (χ1) is 11.2. The third kappa shape index (κ3) is 4.31. The number of hydrogen-bond donors (Lipinski definition) is 0. The van der Waals surface area contributed by atoms with Gasteiger partial charge in [0.05, 0.1) is 0 Å². The average Bonchev–Trinajstić information content (AvgIpc) is 2.61. The lowest BCUT2D eigenvalue weighted by molar-refractivity contribution is 0.0614. The van der Waals surface area contributed by atoms with Crippen LogP contribution in [0.3, 0.4) is 0 Å². The van der Waals surface area contributed by atoms with E-state index in [1.54, 1.807) is 12.4 Å². The molecule has 0 bridgehead atoms. The monoisotopic (exact) mass is 418 g/mol. The predicted octanol–water partition coefficient (Wildman–Crippen LogP) is 4.66. The minimum Gasteiger partial charge on any atom is -0.331 e. The molecule has 0 unspecified atom stereocenters. The van der Waals surface area contributed by atoms with E-state index in [-0.39, 0.29) is 5.91 Å². The zero-order valence-corrected chi connectivity index (χ0v) is 15.3. The fourth-order valence-electron chi connectivity index (χ4n) is 3.23. The Balaban J connectivity index is 1.86. The Hall–Kier alpha value is -1.43. The summed E-state index contributed by atoms with van der Waals surface area (Å²) in [7, 11) is 0. The summed E-state index contributed by atoms with van der Waals surface area (Å²) in [4.78, 5) is 19.3. The van der Waals surface area contributed by atoms with Gasteiger partial charge >= 0.3 is 0 Å². The fourth-order valence-corrected chi connectivity index (χ4v) is 3.77. The van der Waals surface area contributed by atoms with E-state index < -0.39 is 0 Å². The molecule has 1 aromatic carbocycles. The van der Waals surface area contributed by atoms with Gasteiger partial charge in [0, 0.05) is 34.1 Å². The summed E-state index contributed by atoms with van der Waals surface area (Å²) in [5, 5.41) is 0. The number of benzene rings is 1. The van der Waals surface area contributed by atoms with Crippen LogP contribution in [0.4, 0.5) is 0 Å². The maximum Gasteiger partial charge on any atom is 0.254 e. The second-order valence-electron chi connectivity index (χ2n) is 6.09. The molecule has 1 heterocycles. The van der Waals surface area contributed by atoms with Gasteiger partial charge < -0.3 is 4.90 Å². The molecule has 1 saturated carbocycles. The molecule has 4 heteroatoms. The minimum atomic E-state index is 0.146. The van der Waals surface area contributed by atoms with Gasteiger partial charge in [0.25, 0.3) is 5.91 Å². The van der Waals surface area contributed by atoms with Crippen molar-refractivity contribution in [3.8, 4) is 0 Å². The predicted molar refractivity (Wildman–Crippen MR) is 100 cm³/mol. The number of halogens is 1. The number of rotatable bonds is 4. The van der Waals surface area contributed by atoms with Gasteiger partial charge in [-0.15, -0.1) is 0 Å². The van der Waals surface area contributed by atoms with E-state index in [0.717, 1.165) is 27.5 Å². The Morgan fingerprint density at radius 2 is 1.87 bits per heavy atom. The number of carbonyl (C=O) groups is 1. The van der Waals surface area contributed by atoms with Gasteiger partial charge in [-0.1, -0.05) is 25.3 Å². The first-order valence-corrected chi connectivity index (χ1v) is 9.27. The minimum absolute atomic E-state index is 0.146. The molecule has 1 aliphatic rings. The number of carbonyl (C=O) groups excluding carboxylic acids is 1. The van der Waals surface area contributed by atoms with Crippen molar-refractivity contribution in [2.24, 2.45) is 0 Å². The summed E-state index contributed by atoms with van der Waals surface area (Å²) in [6.45, 7) is 0.664. The van der Waals surface area contributed by atoms with Gasteiger partial charge in [-0.3, -0.25) is 9.78 Å². The van der Waals surface area contributed by atoms with Gasteiger partial charge in [-0.25, -0.2) is 0 Å². The fraction of sp³-hybridized carbons (Fsp3) is 0.368. The Morgan fingerprint density at radius 1 is 1.13 bits per heavy atom. The van der Waals surface area contributed by atoms with Crippen LogP contribution in [-0.4, -0.2) is 21.8 Å². The van der Waals surface area contributed by atoms with E-state index in [1.165, 1.54) is 19.3 Å². The Bertz CT molecular complexity index is 653. The van der Waals surface area contributed by atoms with E-state index in [2.05, 4.69) is 32.5 Å². The molecule has 0 spiro atoms. The SMILES string of the molecule is O=C(c1cccc([125I])c1)N(Cc1ccncc1)C1CCCCC1. The zero-order valence-electron chi connectivity index (χ0n) is 13.1. The first kappa shape index (κ1) is 16.4.